The minimum atomic E-state index is -5.08. The highest BCUT2D eigenvalue weighted by atomic mass is 32.3. The molecule has 0 heterocycles. The van der Waals surface area contributed by atoms with Crippen molar-refractivity contribution >= 4 is 10.4 Å². The van der Waals surface area contributed by atoms with E-state index in [2.05, 4.69) is 27.7 Å². The van der Waals surface area contributed by atoms with Gasteiger partial charge in [-0.15, -0.1) is 0 Å². The van der Waals surface area contributed by atoms with Gasteiger partial charge in [-0.25, -0.2) is 8.42 Å². The average Bonchev–Trinajstić information content (AvgIpc) is 2.53. The minimum Gasteiger partial charge on any atom is -0.724 e. The van der Waals surface area contributed by atoms with Crippen molar-refractivity contribution in [2.24, 2.45) is 0 Å². The summed E-state index contributed by atoms with van der Waals surface area (Å²) in [6.45, 7) is 15.0. The molecule has 0 aromatic carbocycles. The Morgan fingerprint density at radius 1 is 0.783 bits per heavy atom. The molecule has 0 saturated carbocycles. The van der Waals surface area contributed by atoms with E-state index in [0.29, 0.717) is 0 Å². The number of nitrogens with zero attached hydrogens (tertiary/aromatic N) is 1. The molecule has 0 unspecified atom stereocenters. The van der Waals surface area contributed by atoms with Crippen LogP contribution >= 0.6 is 0 Å². The predicted octanol–water partition coefficient (Wildman–Crippen LogP) is 4.35. The Morgan fingerprint density at radius 3 is 1.13 bits per heavy atom. The second kappa shape index (κ2) is 15.3. The van der Waals surface area contributed by atoms with Crippen LogP contribution in [-0.4, -0.2) is 43.6 Å². The van der Waals surface area contributed by atoms with Crippen LogP contribution in [0.2, 0.25) is 0 Å². The number of halogens is 1. The van der Waals surface area contributed by atoms with Crippen LogP contribution in [0.5, 0.6) is 0 Å². The van der Waals surface area contributed by atoms with E-state index in [1.165, 1.54) is 82.0 Å². The predicted molar refractivity (Wildman–Crippen MR) is 91.3 cm³/mol. The Bertz CT molecular complexity index is 312. The molecule has 0 aliphatic carbocycles. The van der Waals surface area contributed by atoms with E-state index < -0.39 is 10.4 Å². The van der Waals surface area contributed by atoms with E-state index in [1.54, 1.807) is 0 Å². The van der Waals surface area contributed by atoms with Crippen molar-refractivity contribution < 1.29 is 26.4 Å². The molecule has 7 heteroatoms. The zero-order valence-electron chi connectivity index (χ0n) is 15.4. The molecule has 0 rings (SSSR count). The molecule has 0 saturated heterocycles. The SMILES string of the molecule is CCCC[N+](CCCC)(CCCC)CCCC.O=S(=O)([O-])OF. The highest BCUT2D eigenvalue weighted by Gasteiger charge is 2.24. The molecule has 23 heavy (non-hydrogen) atoms. The summed E-state index contributed by atoms with van der Waals surface area (Å²) in [5, 5.41) is 0. The van der Waals surface area contributed by atoms with Gasteiger partial charge in [-0.2, -0.15) is 0 Å². The third-order valence-electron chi connectivity index (χ3n) is 4.02. The van der Waals surface area contributed by atoms with Gasteiger partial charge < -0.3 is 9.04 Å². The topological polar surface area (TPSA) is 66.4 Å². The van der Waals surface area contributed by atoms with E-state index in [4.69, 9.17) is 13.0 Å². The van der Waals surface area contributed by atoms with Gasteiger partial charge in [-0.3, -0.25) is 0 Å². The summed E-state index contributed by atoms with van der Waals surface area (Å²) >= 11 is 0. The minimum absolute atomic E-state index is 1.35. The maximum atomic E-state index is 10.1. The van der Waals surface area contributed by atoms with Crippen LogP contribution in [0.1, 0.15) is 79.1 Å². The molecule has 0 aliphatic heterocycles. The van der Waals surface area contributed by atoms with Gasteiger partial charge >= 0.3 is 0 Å². The number of hydrogen-bond acceptors (Lipinski definition) is 4. The molecule has 0 aliphatic rings. The normalized spacial score (nSPS) is 11.9. The van der Waals surface area contributed by atoms with Crippen molar-refractivity contribution in [2.45, 2.75) is 79.1 Å². The lowest BCUT2D eigenvalue weighted by Crippen LogP contribution is -2.50. The Hall–Kier alpha value is -0.240. The van der Waals surface area contributed by atoms with E-state index in [1.807, 2.05) is 4.39 Å². The van der Waals surface area contributed by atoms with Crippen LogP contribution in [0.25, 0.3) is 0 Å². The first kappa shape index (κ1) is 25.0. The number of hydrogen-bond donors (Lipinski definition) is 0. The van der Waals surface area contributed by atoms with E-state index in [0.717, 1.165) is 0 Å². The van der Waals surface area contributed by atoms with Gasteiger partial charge in [0.05, 0.1) is 26.2 Å². The molecular formula is C16H36FNO4S. The molecule has 0 fully saturated rings. The zero-order valence-corrected chi connectivity index (χ0v) is 16.2. The lowest BCUT2D eigenvalue weighted by molar-refractivity contribution is -0.929. The van der Waals surface area contributed by atoms with Gasteiger partial charge in [0.25, 0.3) is 0 Å². The quantitative estimate of drug-likeness (QED) is 0.279. The molecule has 0 bridgehead atoms. The van der Waals surface area contributed by atoms with Crippen molar-refractivity contribution in [1.82, 2.24) is 0 Å². The fourth-order valence-corrected chi connectivity index (χ4v) is 2.64. The van der Waals surface area contributed by atoms with Crippen molar-refractivity contribution in [1.29, 1.82) is 0 Å². The summed E-state index contributed by atoms with van der Waals surface area (Å²) in [7, 11) is -5.08. The van der Waals surface area contributed by atoms with E-state index >= 15 is 0 Å². The molecule has 0 amide bonds. The number of unbranched alkanes of at least 4 members (excludes halogenated alkanes) is 4. The zero-order chi connectivity index (χ0) is 18.2. The molecule has 0 N–H and O–H groups in total. The molecule has 0 atom stereocenters. The van der Waals surface area contributed by atoms with E-state index in [-0.39, 0.29) is 0 Å². The lowest BCUT2D eigenvalue weighted by Gasteiger charge is -2.39. The summed E-state index contributed by atoms with van der Waals surface area (Å²) in [6.07, 6.45) is 11.1. The number of quaternary nitrogens is 1. The van der Waals surface area contributed by atoms with Crippen LogP contribution in [0, 0.1) is 0 Å². The van der Waals surface area contributed by atoms with Crippen LogP contribution in [0.3, 0.4) is 0 Å². The third-order valence-corrected chi connectivity index (χ3v) is 4.18. The maximum absolute atomic E-state index is 10.1. The fraction of sp³-hybridized carbons (Fsp3) is 1.00. The lowest BCUT2D eigenvalue weighted by atomic mass is 10.1. The highest BCUT2D eigenvalue weighted by molar-refractivity contribution is 7.80. The fourth-order valence-electron chi connectivity index (χ4n) is 2.64. The summed E-state index contributed by atoms with van der Waals surface area (Å²) in [4.78, 5) is 0. The number of rotatable bonds is 13. The van der Waals surface area contributed by atoms with Gasteiger partial charge in [-0.05, 0) is 30.2 Å². The highest BCUT2D eigenvalue weighted by Crippen LogP contribution is 2.16. The summed E-state index contributed by atoms with van der Waals surface area (Å²) in [5.74, 6) is 0. The second-order valence-corrected chi connectivity index (χ2v) is 7.06. The monoisotopic (exact) mass is 357 g/mol. The van der Waals surface area contributed by atoms with Crippen LogP contribution in [-0.2, 0) is 14.8 Å². The molecule has 142 valence electrons. The van der Waals surface area contributed by atoms with Crippen molar-refractivity contribution in [3.05, 3.63) is 0 Å². The van der Waals surface area contributed by atoms with Crippen molar-refractivity contribution in [3.8, 4) is 0 Å². The van der Waals surface area contributed by atoms with Gasteiger partial charge in [0.15, 0.2) is 0 Å². The molecular weight excluding hydrogens is 321 g/mol. The second-order valence-electron chi connectivity index (χ2n) is 6.12. The first-order chi connectivity index (χ1) is 10.8. The van der Waals surface area contributed by atoms with Crippen LogP contribution in [0.15, 0.2) is 0 Å². The standard InChI is InChI=1S/C16H36N.FHO4S/c1-5-9-13-17(14-10-6-2,15-11-7-3)16-12-8-4;1-5-6(2,3)4/h5-16H2,1-4H3;(H,2,3,4)/q+1;/p-1. The van der Waals surface area contributed by atoms with Crippen LogP contribution < -0.4 is 0 Å². The molecule has 0 radical (unpaired) electrons. The van der Waals surface area contributed by atoms with Crippen molar-refractivity contribution in [2.75, 3.05) is 26.2 Å². The van der Waals surface area contributed by atoms with Gasteiger partial charge in [0.1, 0.15) is 0 Å². The summed E-state index contributed by atoms with van der Waals surface area (Å²) < 4.78 is 39.9. The first-order valence-electron chi connectivity index (χ1n) is 8.91. The molecule has 0 aromatic heterocycles. The van der Waals surface area contributed by atoms with Gasteiger partial charge in [0, 0.05) is 0 Å². The maximum Gasteiger partial charge on any atom is 0.250 e. The average molecular weight is 358 g/mol. The summed E-state index contributed by atoms with van der Waals surface area (Å²) in [6, 6.07) is 0. The van der Waals surface area contributed by atoms with Gasteiger partial charge in [-0.1, -0.05) is 57.8 Å². The van der Waals surface area contributed by atoms with Crippen LogP contribution in [0.4, 0.5) is 4.53 Å². The largest absolute Gasteiger partial charge is 0.724 e. The Labute approximate surface area is 142 Å². The summed E-state index contributed by atoms with van der Waals surface area (Å²) in [5.41, 5.74) is 0. The smallest absolute Gasteiger partial charge is 0.250 e. The van der Waals surface area contributed by atoms with Gasteiger partial charge in [0.2, 0.25) is 10.4 Å². The Balaban J connectivity index is 0. The Kier molecular flexibility index (Phi) is 16.6. The Morgan fingerprint density at radius 2 is 1.00 bits per heavy atom. The first-order valence-corrected chi connectivity index (χ1v) is 10.2. The third kappa shape index (κ3) is 16.4. The molecule has 0 aromatic rings. The molecule has 5 nitrogen and oxygen atoms in total. The molecule has 0 spiro atoms. The van der Waals surface area contributed by atoms with E-state index in [9.17, 15) is 4.53 Å². The van der Waals surface area contributed by atoms with Crippen molar-refractivity contribution in [3.63, 3.8) is 0 Å².